The molecule has 0 bridgehead atoms. The Hall–Kier alpha value is -3.32. The van der Waals surface area contributed by atoms with Crippen molar-refractivity contribution >= 4 is 6.29 Å². The van der Waals surface area contributed by atoms with E-state index >= 15 is 0 Å². The minimum absolute atomic E-state index is 0.347. The minimum atomic E-state index is 0.347. The summed E-state index contributed by atoms with van der Waals surface area (Å²) in [5, 5.41) is 9.12. The number of aromatic nitrogens is 1. The first-order valence-electron chi connectivity index (χ1n) is 7.99. The average molecular weight is 330 g/mol. The molecule has 3 rings (SSSR count). The second-order valence-corrected chi connectivity index (χ2v) is 5.83. The number of carbonyl (C=O) groups excluding carboxylic acids is 1. The van der Waals surface area contributed by atoms with Gasteiger partial charge in [-0.25, -0.2) is 0 Å². The molecule has 0 saturated heterocycles. The number of nitrogens with zero attached hydrogens (tertiary/aromatic N) is 2. The number of benzene rings is 2. The van der Waals surface area contributed by atoms with Crippen LogP contribution in [0.3, 0.4) is 0 Å². The predicted molar refractivity (Wildman–Crippen MR) is 96.1 cm³/mol. The van der Waals surface area contributed by atoms with E-state index in [-0.39, 0.29) is 0 Å². The van der Waals surface area contributed by atoms with E-state index in [1.54, 1.807) is 6.07 Å². The highest BCUT2D eigenvalue weighted by atomic mass is 16.5. The lowest BCUT2D eigenvalue weighted by Gasteiger charge is -2.12. The van der Waals surface area contributed by atoms with Crippen molar-refractivity contribution in [2.24, 2.45) is 0 Å². The second kappa shape index (κ2) is 7.06. The summed E-state index contributed by atoms with van der Waals surface area (Å²) < 4.78 is 7.84. The number of hydrogen-bond donors (Lipinski definition) is 0. The van der Waals surface area contributed by atoms with E-state index in [1.807, 2.05) is 66.9 Å². The van der Waals surface area contributed by atoms with Crippen LogP contribution in [0.4, 0.5) is 0 Å². The van der Waals surface area contributed by atoms with Crippen molar-refractivity contribution in [1.82, 2.24) is 4.57 Å². The molecule has 0 aliphatic carbocycles. The first-order chi connectivity index (χ1) is 12.1. The molecule has 0 unspecified atom stereocenters. The highest BCUT2D eigenvalue weighted by Crippen LogP contribution is 2.22. The summed E-state index contributed by atoms with van der Waals surface area (Å²) in [4.78, 5) is 11.1. The molecule has 0 atom stereocenters. The minimum Gasteiger partial charge on any atom is -0.489 e. The van der Waals surface area contributed by atoms with Crippen LogP contribution < -0.4 is 4.74 Å². The Kier molecular flexibility index (Phi) is 4.67. The maximum absolute atomic E-state index is 11.1. The summed E-state index contributed by atoms with van der Waals surface area (Å²) >= 11 is 0. The Balaban J connectivity index is 1.78. The highest BCUT2D eigenvalue weighted by molar-refractivity contribution is 5.77. The molecule has 3 aromatic rings. The Morgan fingerprint density at radius 1 is 1.12 bits per heavy atom. The van der Waals surface area contributed by atoms with Gasteiger partial charge in [0.15, 0.2) is 6.29 Å². The molecule has 4 nitrogen and oxygen atoms in total. The number of nitriles is 1. The van der Waals surface area contributed by atoms with Crippen LogP contribution in [0.15, 0.2) is 54.6 Å². The fourth-order valence-electron chi connectivity index (χ4n) is 2.91. The summed E-state index contributed by atoms with van der Waals surface area (Å²) in [6, 6.07) is 19.2. The second-order valence-electron chi connectivity index (χ2n) is 5.83. The summed E-state index contributed by atoms with van der Waals surface area (Å²) in [5.41, 5.74) is 5.10. The molecule has 0 aliphatic rings. The molecular formula is C21H18N2O2. The van der Waals surface area contributed by atoms with Gasteiger partial charge in [0.25, 0.3) is 0 Å². The molecule has 0 aliphatic heterocycles. The largest absolute Gasteiger partial charge is 0.489 e. The summed E-state index contributed by atoms with van der Waals surface area (Å²) in [6.45, 7) is 4.25. The summed E-state index contributed by atoms with van der Waals surface area (Å²) in [5.74, 6) is 0.731. The molecule has 0 fully saturated rings. The van der Waals surface area contributed by atoms with E-state index in [9.17, 15) is 4.79 Å². The molecule has 0 radical (unpaired) electrons. The van der Waals surface area contributed by atoms with Crippen molar-refractivity contribution in [2.45, 2.75) is 20.5 Å². The zero-order valence-corrected chi connectivity index (χ0v) is 14.2. The molecule has 0 spiro atoms. The number of hydrogen-bond acceptors (Lipinski definition) is 3. The average Bonchev–Trinajstić information content (AvgIpc) is 2.94. The lowest BCUT2D eigenvalue weighted by molar-refractivity contribution is 0.112. The summed E-state index contributed by atoms with van der Waals surface area (Å²) in [7, 11) is 0. The summed E-state index contributed by atoms with van der Waals surface area (Å²) in [6.07, 6.45) is 0.878. The maximum atomic E-state index is 11.1. The van der Waals surface area contributed by atoms with Gasteiger partial charge in [0.05, 0.1) is 11.6 Å². The smallest absolute Gasteiger partial charge is 0.151 e. The Labute approximate surface area is 146 Å². The van der Waals surface area contributed by atoms with Crippen molar-refractivity contribution in [2.75, 3.05) is 0 Å². The molecule has 2 aromatic carbocycles. The van der Waals surface area contributed by atoms with Gasteiger partial charge in [0.1, 0.15) is 12.4 Å². The van der Waals surface area contributed by atoms with E-state index in [0.29, 0.717) is 17.7 Å². The number of ether oxygens (including phenoxy) is 1. The number of aryl methyl sites for hydroxylation is 1. The lowest BCUT2D eigenvalue weighted by Crippen LogP contribution is -2.01. The van der Waals surface area contributed by atoms with Crippen molar-refractivity contribution in [3.8, 4) is 17.5 Å². The monoisotopic (exact) mass is 330 g/mol. The third-order valence-corrected chi connectivity index (χ3v) is 4.22. The third-order valence-electron chi connectivity index (χ3n) is 4.22. The molecule has 1 heterocycles. The number of aldehydes is 1. The molecule has 4 heteroatoms. The zero-order valence-electron chi connectivity index (χ0n) is 14.2. The molecule has 124 valence electrons. The normalized spacial score (nSPS) is 10.3. The van der Waals surface area contributed by atoms with Gasteiger partial charge in [0.2, 0.25) is 0 Å². The van der Waals surface area contributed by atoms with E-state index < -0.39 is 0 Å². The van der Waals surface area contributed by atoms with Crippen LogP contribution in [0.25, 0.3) is 5.69 Å². The van der Waals surface area contributed by atoms with Crippen molar-refractivity contribution in [3.05, 3.63) is 82.7 Å². The van der Waals surface area contributed by atoms with Gasteiger partial charge in [-0.05, 0) is 50.2 Å². The van der Waals surface area contributed by atoms with Gasteiger partial charge in [0, 0.05) is 28.2 Å². The quantitative estimate of drug-likeness (QED) is 0.653. The Morgan fingerprint density at radius 2 is 1.84 bits per heavy atom. The van der Waals surface area contributed by atoms with E-state index in [1.165, 1.54) is 0 Å². The van der Waals surface area contributed by atoms with Gasteiger partial charge in [-0.2, -0.15) is 5.26 Å². The lowest BCUT2D eigenvalue weighted by atomic mass is 10.1. The van der Waals surface area contributed by atoms with Crippen LogP contribution in [-0.4, -0.2) is 10.9 Å². The van der Waals surface area contributed by atoms with Gasteiger partial charge in [-0.15, -0.1) is 0 Å². The van der Waals surface area contributed by atoms with Gasteiger partial charge in [-0.1, -0.05) is 18.2 Å². The molecule has 0 amide bonds. The van der Waals surface area contributed by atoms with Crippen LogP contribution in [0, 0.1) is 25.2 Å². The van der Waals surface area contributed by atoms with Crippen LogP contribution in [-0.2, 0) is 6.61 Å². The number of rotatable bonds is 5. The topological polar surface area (TPSA) is 55.0 Å². The van der Waals surface area contributed by atoms with Crippen molar-refractivity contribution in [3.63, 3.8) is 0 Å². The molecule has 0 saturated carbocycles. The van der Waals surface area contributed by atoms with E-state index in [0.717, 1.165) is 34.7 Å². The Bertz CT molecular complexity index is 947. The molecular weight excluding hydrogens is 312 g/mol. The van der Waals surface area contributed by atoms with Crippen LogP contribution >= 0.6 is 0 Å². The standard InChI is InChI=1S/C21H18N2O2/c1-15-11-19(13-24)16(2)23(15)20-7-9-21(10-8-20)25-14-18-6-4-3-5-17(18)12-22/h3-11,13H,14H2,1-2H3. The molecule has 0 N–H and O–H groups in total. The SMILES string of the molecule is Cc1cc(C=O)c(C)n1-c1ccc(OCc2ccccc2C#N)cc1. The van der Waals surface area contributed by atoms with Crippen molar-refractivity contribution < 1.29 is 9.53 Å². The number of carbonyl (C=O) groups is 1. The van der Waals surface area contributed by atoms with Gasteiger partial charge in [-0.3, -0.25) is 4.79 Å². The van der Waals surface area contributed by atoms with Gasteiger partial charge < -0.3 is 9.30 Å². The molecule has 1 aromatic heterocycles. The van der Waals surface area contributed by atoms with Crippen LogP contribution in [0.2, 0.25) is 0 Å². The fourth-order valence-corrected chi connectivity index (χ4v) is 2.91. The molecule has 25 heavy (non-hydrogen) atoms. The van der Waals surface area contributed by atoms with Gasteiger partial charge >= 0.3 is 0 Å². The predicted octanol–water partition coefficient (Wildman–Crippen LogP) is 4.36. The maximum Gasteiger partial charge on any atom is 0.151 e. The van der Waals surface area contributed by atoms with Crippen molar-refractivity contribution in [1.29, 1.82) is 5.26 Å². The third kappa shape index (κ3) is 3.31. The van der Waals surface area contributed by atoms with Crippen LogP contribution in [0.1, 0.15) is 32.9 Å². The van der Waals surface area contributed by atoms with E-state index in [2.05, 4.69) is 6.07 Å². The first kappa shape index (κ1) is 16.5. The first-order valence-corrected chi connectivity index (χ1v) is 7.99. The fraction of sp³-hybridized carbons (Fsp3) is 0.143. The zero-order chi connectivity index (χ0) is 17.8. The Morgan fingerprint density at radius 3 is 2.48 bits per heavy atom. The van der Waals surface area contributed by atoms with E-state index in [4.69, 9.17) is 10.00 Å². The highest BCUT2D eigenvalue weighted by Gasteiger charge is 2.10. The van der Waals surface area contributed by atoms with Crippen LogP contribution in [0.5, 0.6) is 5.75 Å².